The zero-order valence-electron chi connectivity index (χ0n) is 11.2. The molecule has 0 unspecified atom stereocenters. The highest BCUT2D eigenvalue weighted by Crippen LogP contribution is 2.18. The van der Waals surface area contributed by atoms with E-state index in [1.54, 1.807) is 5.41 Å². The van der Waals surface area contributed by atoms with E-state index in [1.807, 2.05) is 18.4 Å². The van der Waals surface area contributed by atoms with Gasteiger partial charge in [-0.05, 0) is 49.6 Å². The topological polar surface area (TPSA) is 47.8 Å². The number of benzene rings is 1. The number of aromatic nitrogens is 3. The summed E-state index contributed by atoms with van der Waals surface area (Å²) in [5, 5.41) is 10.4. The summed E-state index contributed by atoms with van der Waals surface area (Å²) in [6.45, 7) is 4.67. The van der Waals surface area contributed by atoms with Crippen LogP contribution in [0.3, 0.4) is 0 Å². The largest absolute Gasteiger partial charge is 0.306 e. The molecule has 2 aromatic rings. The Bertz CT molecular complexity index is 634. The Hall–Kier alpha value is -1.95. The molecule has 0 radical (unpaired) electrons. The Kier molecular flexibility index (Phi) is 4.68. The third-order valence-electron chi connectivity index (χ3n) is 2.74. The first-order valence-corrected chi connectivity index (χ1v) is 7.02. The predicted octanol–water partition coefficient (Wildman–Crippen LogP) is 3.23. The summed E-state index contributed by atoms with van der Waals surface area (Å²) >= 11 is 1.33. The van der Waals surface area contributed by atoms with Crippen LogP contribution in [-0.4, -0.2) is 20.5 Å². The number of hydrogen-bond donors (Lipinski definition) is 0. The zero-order chi connectivity index (χ0) is 14.5. The van der Waals surface area contributed by atoms with Crippen LogP contribution in [0.15, 0.2) is 40.9 Å². The maximum absolute atomic E-state index is 12.8. The molecule has 0 aliphatic rings. The molecule has 0 atom stereocenters. The van der Waals surface area contributed by atoms with Crippen LogP contribution in [0.4, 0.5) is 4.39 Å². The molecule has 20 heavy (non-hydrogen) atoms. The van der Waals surface area contributed by atoms with Crippen molar-refractivity contribution in [1.82, 2.24) is 14.8 Å². The molecule has 0 aliphatic heterocycles. The SMILES string of the molecule is CCn1c(C)nnc1S/C=C/C(=O)c1ccc(F)cc1. The van der Waals surface area contributed by atoms with Gasteiger partial charge in [0.05, 0.1) is 0 Å². The van der Waals surface area contributed by atoms with E-state index in [9.17, 15) is 9.18 Å². The van der Waals surface area contributed by atoms with Crippen LogP contribution in [0.1, 0.15) is 23.1 Å². The number of thioether (sulfide) groups is 1. The summed E-state index contributed by atoms with van der Waals surface area (Å²) in [5.41, 5.74) is 0.455. The van der Waals surface area contributed by atoms with Gasteiger partial charge in [-0.3, -0.25) is 4.79 Å². The second kappa shape index (κ2) is 6.47. The van der Waals surface area contributed by atoms with Gasteiger partial charge in [-0.2, -0.15) is 0 Å². The van der Waals surface area contributed by atoms with Crippen LogP contribution in [0.5, 0.6) is 0 Å². The van der Waals surface area contributed by atoms with Gasteiger partial charge in [0.25, 0.3) is 0 Å². The molecule has 0 saturated carbocycles. The highest BCUT2D eigenvalue weighted by Gasteiger charge is 2.06. The molecule has 1 heterocycles. The van der Waals surface area contributed by atoms with Crippen molar-refractivity contribution < 1.29 is 9.18 Å². The number of nitrogens with zero attached hydrogens (tertiary/aromatic N) is 3. The normalized spacial score (nSPS) is 11.2. The predicted molar refractivity (Wildman–Crippen MR) is 76.2 cm³/mol. The van der Waals surface area contributed by atoms with Crippen LogP contribution in [-0.2, 0) is 6.54 Å². The summed E-state index contributed by atoms with van der Waals surface area (Å²) < 4.78 is 14.7. The van der Waals surface area contributed by atoms with Gasteiger partial charge in [0.1, 0.15) is 11.6 Å². The molecular formula is C14H14FN3OS. The summed E-state index contributed by atoms with van der Waals surface area (Å²) in [7, 11) is 0. The van der Waals surface area contributed by atoms with Gasteiger partial charge in [0.2, 0.25) is 0 Å². The molecular weight excluding hydrogens is 277 g/mol. The summed E-state index contributed by atoms with van der Waals surface area (Å²) in [5.74, 6) is 0.316. The summed E-state index contributed by atoms with van der Waals surface area (Å²) in [4.78, 5) is 11.8. The zero-order valence-corrected chi connectivity index (χ0v) is 12.0. The van der Waals surface area contributed by atoms with Crippen molar-refractivity contribution >= 4 is 17.5 Å². The number of rotatable bonds is 5. The third kappa shape index (κ3) is 3.33. The standard InChI is InChI=1S/C14H14FN3OS/c1-3-18-10(2)16-17-14(18)20-9-8-13(19)11-4-6-12(15)7-5-11/h4-9H,3H2,1-2H3/b9-8+. The van der Waals surface area contributed by atoms with E-state index in [0.29, 0.717) is 5.56 Å². The maximum Gasteiger partial charge on any atom is 0.195 e. The van der Waals surface area contributed by atoms with Crippen molar-refractivity contribution in [2.45, 2.75) is 25.5 Å². The smallest absolute Gasteiger partial charge is 0.195 e. The van der Waals surface area contributed by atoms with Gasteiger partial charge in [0.15, 0.2) is 10.9 Å². The van der Waals surface area contributed by atoms with E-state index in [0.717, 1.165) is 17.5 Å². The number of aryl methyl sites for hydroxylation is 1. The second-order valence-corrected chi connectivity index (χ2v) is 4.94. The number of ketones is 1. The number of carbonyl (C=O) groups is 1. The molecule has 4 nitrogen and oxygen atoms in total. The molecule has 2 rings (SSSR count). The molecule has 104 valence electrons. The Balaban J connectivity index is 2.02. The fourth-order valence-electron chi connectivity index (χ4n) is 1.68. The van der Waals surface area contributed by atoms with Gasteiger partial charge in [-0.1, -0.05) is 11.8 Å². The first-order valence-electron chi connectivity index (χ1n) is 6.14. The Morgan fingerprint density at radius 3 is 2.70 bits per heavy atom. The molecule has 0 fully saturated rings. The first kappa shape index (κ1) is 14.5. The number of carbonyl (C=O) groups excluding carboxylic acids is 1. The van der Waals surface area contributed by atoms with E-state index in [-0.39, 0.29) is 11.6 Å². The van der Waals surface area contributed by atoms with Gasteiger partial charge >= 0.3 is 0 Å². The number of halogens is 1. The summed E-state index contributed by atoms with van der Waals surface area (Å²) in [6.07, 6.45) is 1.45. The second-order valence-electron chi connectivity index (χ2n) is 4.07. The maximum atomic E-state index is 12.8. The van der Waals surface area contributed by atoms with Gasteiger partial charge in [0, 0.05) is 12.1 Å². The fraction of sp³-hybridized carbons (Fsp3) is 0.214. The number of hydrogen-bond acceptors (Lipinski definition) is 4. The minimum atomic E-state index is -0.355. The van der Waals surface area contributed by atoms with Crippen molar-refractivity contribution in [1.29, 1.82) is 0 Å². The molecule has 1 aromatic heterocycles. The van der Waals surface area contributed by atoms with Crippen molar-refractivity contribution in [2.75, 3.05) is 0 Å². The monoisotopic (exact) mass is 291 g/mol. The highest BCUT2D eigenvalue weighted by atomic mass is 32.2. The average Bonchev–Trinajstić information content (AvgIpc) is 2.80. The van der Waals surface area contributed by atoms with Crippen LogP contribution in [0.25, 0.3) is 0 Å². The van der Waals surface area contributed by atoms with Crippen molar-refractivity contribution in [3.63, 3.8) is 0 Å². The molecule has 0 spiro atoms. The quantitative estimate of drug-likeness (QED) is 0.482. The van der Waals surface area contributed by atoms with Crippen molar-refractivity contribution in [2.24, 2.45) is 0 Å². The lowest BCUT2D eigenvalue weighted by molar-refractivity contribution is 0.104. The molecule has 1 aromatic carbocycles. The fourth-order valence-corrected chi connectivity index (χ4v) is 2.47. The molecule has 0 saturated heterocycles. The number of allylic oxidation sites excluding steroid dienone is 1. The van der Waals surface area contributed by atoms with E-state index in [1.165, 1.54) is 42.1 Å². The minimum Gasteiger partial charge on any atom is -0.306 e. The minimum absolute atomic E-state index is 0.170. The average molecular weight is 291 g/mol. The molecule has 0 bridgehead atoms. The molecule has 0 N–H and O–H groups in total. The third-order valence-corrected chi connectivity index (χ3v) is 3.52. The van der Waals surface area contributed by atoms with Crippen LogP contribution in [0, 0.1) is 12.7 Å². The van der Waals surface area contributed by atoms with E-state index in [2.05, 4.69) is 10.2 Å². The highest BCUT2D eigenvalue weighted by molar-refractivity contribution is 8.02. The Morgan fingerprint density at radius 2 is 2.05 bits per heavy atom. The first-order chi connectivity index (χ1) is 9.61. The van der Waals surface area contributed by atoms with E-state index < -0.39 is 0 Å². The lowest BCUT2D eigenvalue weighted by Gasteiger charge is -2.01. The van der Waals surface area contributed by atoms with Crippen molar-refractivity contribution in [3.05, 3.63) is 53.0 Å². The summed E-state index contributed by atoms with van der Waals surface area (Å²) in [6, 6.07) is 5.47. The molecule has 0 aliphatic carbocycles. The van der Waals surface area contributed by atoms with Crippen molar-refractivity contribution in [3.8, 4) is 0 Å². The van der Waals surface area contributed by atoms with Gasteiger partial charge in [-0.25, -0.2) is 4.39 Å². The van der Waals surface area contributed by atoms with E-state index >= 15 is 0 Å². The van der Waals surface area contributed by atoms with Gasteiger partial charge < -0.3 is 4.57 Å². The lowest BCUT2D eigenvalue weighted by atomic mass is 10.1. The van der Waals surface area contributed by atoms with Crippen LogP contribution in [0.2, 0.25) is 0 Å². The van der Waals surface area contributed by atoms with Crippen LogP contribution < -0.4 is 0 Å². The molecule has 6 heteroatoms. The van der Waals surface area contributed by atoms with Crippen LogP contribution >= 0.6 is 11.8 Å². The van der Waals surface area contributed by atoms with Gasteiger partial charge in [-0.15, -0.1) is 10.2 Å². The molecule has 0 amide bonds. The Labute approximate surface area is 120 Å². The Morgan fingerprint density at radius 1 is 1.35 bits per heavy atom. The van der Waals surface area contributed by atoms with E-state index in [4.69, 9.17) is 0 Å². The lowest BCUT2D eigenvalue weighted by Crippen LogP contribution is -1.98.